The molecule has 1 aliphatic carbocycles. The Morgan fingerprint density at radius 3 is 2.06 bits per heavy atom. The van der Waals surface area contributed by atoms with Crippen molar-refractivity contribution < 1.29 is 4.79 Å². The van der Waals surface area contributed by atoms with E-state index in [-0.39, 0.29) is 11.3 Å². The highest BCUT2D eigenvalue weighted by atomic mass is 16.2. The molecule has 1 saturated carbocycles. The van der Waals surface area contributed by atoms with E-state index in [1.54, 1.807) is 0 Å². The molecule has 0 aromatic heterocycles. The molecule has 1 aliphatic heterocycles. The van der Waals surface area contributed by atoms with Gasteiger partial charge < -0.3 is 5.32 Å². The lowest BCUT2D eigenvalue weighted by atomic mass is 9.73. The van der Waals surface area contributed by atoms with Crippen LogP contribution in [-0.2, 0) is 4.79 Å². The molecule has 2 unspecified atom stereocenters. The standard InChI is InChI=1S/C16H29NO/c1-16(2,3)13-10-11-14(17-15(13)18)12-8-6-4-5-7-9-12/h12-14H,4-11H2,1-3H3,(H,17,18). The van der Waals surface area contributed by atoms with Gasteiger partial charge in [-0.2, -0.15) is 0 Å². The zero-order valence-electron chi connectivity index (χ0n) is 12.3. The second-order valence-electron chi connectivity index (χ2n) is 7.36. The molecule has 1 heterocycles. The minimum absolute atomic E-state index is 0.110. The van der Waals surface area contributed by atoms with Crippen LogP contribution in [0.5, 0.6) is 0 Å². The average Bonchev–Trinajstić information content (AvgIpc) is 2.55. The summed E-state index contributed by atoms with van der Waals surface area (Å²) in [7, 11) is 0. The van der Waals surface area contributed by atoms with Crippen molar-refractivity contribution in [2.24, 2.45) is 17.3 Å². The van der Waals surface area contributed by atoms with E-state index >= 15 is 0 Å². The Kier molecular flexibility index (Phi) is 4.34. The van der Waals surface area contributed by atoms with Gasteiger partial charge in [-0.25, -0.2) is 0 Å². The molecule has 104 valence electrons. The maximum atomic E-state index is 12.3. The van der Waals surface area contributed by atoms with Crippen LogP contribution in [0.3, 0.4) is 0 Å². The molecule has 2 aliphatic rings. The van der Waals surface area contributed by atoms with E-state index in [0.29, 0.717) is 11.9 Å². The summed E-state index contributed by atoms with van der Waals surface area (Å²) in [6.45, 7) is 6.55. The number of piperidine rings is 1. The normalized spacial score (nSPS) is 31.8. The first-order chi connectivity index (χ1) is 8.48. The molecule has 0 radical (unpaired) electrons. The molecule has 0 aromatic rings. The van der Waals surface area contributed by atoms with Gasteiger partial charge in [-0.3, -0.25) is 4.79 Å². The van der Waals surface area contributed by atoms with Gasteiger partial charge in [-0.1, -0.05) is 46.5 Å². The van der Waals surface area contributed by atoms with Gasteiger partial charge in [-0.05, 0) is 37.0 Å². The third-order valence-electron chi connectivity index (χ3n) is 4.92. The Labute approximate surface area is 112 Å². The minimum Gasteiger partial charge on any atom is -0.353 e. The van der Waals surface area contributed by atoms with Crippen LogP contribution in [0.1, 0.15) is 72.1 Å². The molecule has 1 N–H and O–H groups in total. The topological polar surface area (TPSA) is 29.1 Å². The lowest BCUT2D eigenvalue weighted by Gasteiger charge is -2.39. The minimum atomic E-state index is 0.110. The van der Waals surface area contributed by atoms with E-state index in [4.69, 9.17) is 0 Å². The van der Waals surface area contributed by atoms with Crippen LogP contribution in [0.2, 0.25) is 0 Å². The first kappa shape index (κ1) is 13.9. The third-order valence-corrected chi connectivity index (χ3v) is 4.92. The second kappa shape index (κ2) is 5.63. The van der Waals surface area contributed by atoms with Gasteiger partial charge in [-0.15, -0.1) is 0 Å². The zero-order chi connectivity index (χ0) is 13.2. The van der Waals surface area contributed by atoms with Crippen LogP contribution >= 0.6 is 0 Å². The molecule has 0 aromatic carbocycles. The molecular weight excluding hydrogens is 222 g/mol. The van der Waals surface area contributed by atoms with Crippen LogP contribution < -0.4 is 5.32 Å². The first-order valence-electron chi connectivity index (χ1n) is 7.79. The van der Waals surface area contributed by atoms with Gasteiger partial charge in [0.1, 0.15) is 0 Å². The first-order valence-corrected chi connectivity index (χ1v) is 7.79. The van der Waals surface area contributed by atoms with E-state index in [1.807, 2.05) is 0 Å². The summed E-state index contributed by atoms with van der Waals surface area (Å²) in [6.07, 6.45) is 10.4. The summed E-state index contributed by atoms with van der Waals surface area (Å²) >= 11 is 0. The Bertz CT molecular complexity index is 284. The van der Waals surface area contributed by atoms with Crippen LogP contribution in [0.25, 0.3) is 0 Å². The van der Waals surface area contributed by atoms with Crippen molar-refractivity contribution in [2.75, 3.05) is 0 Å². The maximum Gasteiger partial charge on any atom is 0.223 e. The van der Waals surface area contributed by atoms with E-state index in [2.05, 4.69) is 26.1 Å². The van der Waals surface area contributed by atoms with E-state index in [0.717, 1.165) is 12.3 Å². The van der Waals surface area contributed by atoms with Crippen molar-refractivity contribution in [3.63, 3.8) is 0 Å². The SMILES string of the molecule is CC(C)(C)C1CCC(C2CCCCCC2)NC1=O. The van der Waals surface area contributed by atoms with Crippen molar-refractivity contribution in [3.8, 4) is 0 Å². The molecule has 2 fully saturated rings. The predicted octanol–water partition coefficient (Wildman–Crippen LogP) is 3.90. The summed E-state index contributed by atoms with van der Waals surface area (Å²) in [5.41, 5.74) is 0.110. The molecule has 18 heavy (non-hydrogen) atoms. The summed E-state index contributed by atoms with van der Waals surface area (Å²) in [5.74, 6) is 1.26. The summed E-state index contributed by atoms with van der Waals surface area (Å²) < 4.78 is 0. The van der Waals surface area contributed by atoms with Gasteiger partial charge in [0.25, 0.3) is 0 Å². The fourth-order valence-corrected chi connectivity index (χ4v) is 3.73. The molecule has 2 nitrogen and oxygen atoms in total. The number of nitrogens with one attached hydrogen (secondary N) is 1. The van der Waals surface area contributed by atoms with Crippen LogP contribution in [-0.4, -0.2) is 11.9 Å². The Hall–Kier alpha value is -0.530. The predicted molar refractivity (Wildman–Crippen MR) is 75.3 cm³/mol. The van der Waals surface area contributed by atoms with Crippen molar-refractivity contribution in [1.82, 2.24) is 5.32 Å². The summed E-state index contributed by atoms with van der Waals surface area (Å²) in [6, 6.07) is 0.467. The third kappa shape index (κ3) is 3.27. The van der Waals surface area contributed by atoms with Gasteiger partial charge >= 0.3 is 0 Å². The van der Waals surface area contributed by atoms with Crippen LogP contribution in [0.4, 0.5) is 0 Å². The average molecular weight is 251 g/mol. The maximum absolute atomic E-state index is 12.3. The summed E-state index contributed by atoms with van der Waals surface area (Å²) in [4.78, 5) is 12.3. The fraction of sp³-hybridized carbons (Fsp3) is 0.938. The molecule has 2 atom stereocenters. The molecule has 2 heteroatoms. The van der Waals surface area contributed by atoms with Crippen LogP contribution in [0, 0.1) is 17.3 Å². The fourth-order valence-electron chi connectivity index (χ4n) is 3.73. The van der Waals surface area contributed by atoms with Gasteiger partial charge in [0, 0.05) is 12.0 Å². The molecule has 0 spiro atoms. The second-order valence-corrected chi connectivity index (χ2v) is 7.36. The number of carbonyl (C=O) groups is 1. The highest BCUT2D eigenvalue weighted by molar-refractivity contribution is 5.80. The number of amides is 1. The lowest BCUT2D eigenvalue weighted by Crippen LogP contribution is -2.50. The smallest absolute Gasteiger partial charge is 0.223 e. The van der Waals surface area contributed by atoms with Crippen molar-refractivity contribution >= 4 is 5.91 Å². The molecule has 2 rings (SSSR count). The van der Waals surface area contributed by atoms with Crippen LogP contribution in [0.15, 0.2) is 0 Å². The van der Waals surface area contributed by atoms with Crippen molar-refractivity contribution in [2.45, 2.75) is 78.2 Å². The highest BCUT2D eigenvalue weighted by Gasteiger charge is 2.38. The summed E-state index contributed by atoms with van der Waals surface area (Å²) in [5, 5.41) is 3.33. The van der Waals surface area contributed by atoms with Gasteiger partial charge in [0.05, 0.1) is 0 Å². The molecule has 1 amide bonds. The monoisotopic (exact) mass is 251 g/mol. The molecule has 1 saturated heterocycles. The Morgan fingerprint density at radius 2 is 1.56 bits per heavy atom. The quantitative estimate of drug-likeness (QED) is 0.704. The van der Waals surface area contributed by atoms with Crippen molar-refractivity contribution in [3.05, 3.63) is 0 Å². The Balaban J connectivity index is 1.93. The van der Waals surface area contributed by atoms with Gasteiger partial charge in [0.15, 0.2) is 0 Å². The number of rotatable bonds is 1. The molecular formula is C16H29NO. The van der Waals surface area contributed by atoms with Gasteiger partial charge in [0.2, 0.25) is 5.91 Å². The molecule has 0 bridgehead atoms. The number of hydrogen-bond donors (Lipinski definition) is 1. The van der Waals surface area contributed by atoms with E-state index in [9.17, 15) is 4.79 Å². The largest absolute Gasteiger partial charge is 0.353 e. The van der Waals surface area contributed by atoms with Crippen molar-refractivity contribution in [1.29, 1.82) is 0 Å². The van der Waals surface area contributed by atoms with E-state index < -0.39 is 0 Å². The number of carbonyl (C=O) groups excluding carboxylic acids is 1. The lowest BCUT2D eigenvalue weighted by molar-refractivity contribution is -0.132. The Morgan fingerprint density at radius 1 is 0.944 bits per heavy atom. The number of hydrogen-bond acceptors (Lipinski definition) is 1. The zero-order valence-corrected chi connectivity index (χ0v) is 12.3. The van der Waals surface area contributed by atoms with E-state index in [1.165, 1.54) is 44.9 Å². The highest BCUT2D eigenvalue weighted by Crippen LogP contribution is 2.36.